The van der Waals surface area contributed by atoms with Crippen molar-refractivity contribution in [3.63, 3.8) is 0 Å². The van der Waals surface area contributed by atoms with Crippen LogP contribution in [0.3, 0.4) is 0 Å². The van der Waals surface area contributed by atoms with Crippen LogP contribution in [0.2, 0.25) is 10.0 Å². The molecule has 3 aromatic rings. The Morgan fingerprint density at radius 2 is 1.58 bits per heavy atom. The van der Waals surface area contributed by atoms with Crippen LogP contribution < -0.4 is 4.74 Å². The van der Waals surface area contributed by atoms with E-state index in [0.29, 0.717) is 34.0 Å². The normalized spacial score (nSPS) is 15.1. The summed E-state index contributed by atoms with van der Waals surface area (Å²) >= 11 is 12.5. The number of rotatable bonds is 9. The molecule has 0 radical (unpaired) electrons. The molecule has 1 aliphatic rings. The van der Waals surface area contributed by atoms with Gasteiger partial charge in [0.25, 0.3) is 0 Å². The van der Waals surface area contributed by atoms with Gasteiger partial charge in [0.05, 0.1) is 10.6 Å². The van der Waals surface area contributed by atoms with E-state index < -0.39 is 21.3 Å². The van der Waals surface area contributed by atoms with Crippen LogP contribution in [-0.2, 0) is 33.1 Å². The molecule has 190 valence electrons. The number of carbonyl (C=O) groups excluding carboxylic acids is 1. The smallest absolute Gasteiger partial charge is 0.178 e. The van der Waals surface area contributed by atoms with E-state index in [0.717, 1.165) is 18.4 Å². The maximum Gasteiger partial charge on any atom is 0.178 e. The monoisotopic (exact) mass is 548 g/mol. The fourth-order valence-electron chi connectivity index (χ4n) is 4.68. The first-order valence-electron chi connectivity index (χ1n) is 11.9. The summed E-state index contributed by atoms with van der Waals surface area (Å²) in [7, 11) is -3.29. The largest absolute Gasteiger partial charge is 0.479 e. The van der Waals surface area contributed by atoms with E-state index in [9.17, 15) is 13.2 Å². The fraction of sp³-hybridized carbons (Fsp3) is 0.321. The van der Waals surface area contributed by atoms with Gasteiger partial charge in [0.1, 0.15) is 11.4 Å². The summed E-state index contributed by atoms with van der Waals surface area (Å²) in [6, 6.07) is 16.2. The lowest BCUT2D eigenvalue weighted by Crippen LogP contribution is -2.30. The minimum absolute atomic E-state index is 0.0183. The third-order valence-electron chi connectivity index (χ3n) is 6.60. The molecule has 0 spiro atoms. The molecule has 1 saturated carbocycles. The van der Waals surface area contributed by atoms with Gasteiger partial charge < -0.3 is 4.74 Å². The highest BCUT2D eigenvalue weighted by molar-refractivity contribution is 7.91. The summed E-state index contributed by atoms with van der Waals surface area (Å²) in [6.07, 6.45) is 3.50. The standard InChI is InChI=1S/C28H27Cl2FO4S/c1-2-36(33,34)23-9-5-19(6-10-23)15-22(32)16-20-7-12-27(26(31)17-20)35-28(13-3-4-14-28)24-11-8-21(29)18-25(24)30/h5-12,17-18H,2-4,13-16H2,1H3. The van der Waals surface area contributed by atoms with Crippen LogP contribution in [-0.4, -0.2) is 20.0 Å². The average Bonchev–Trinajstić information content (AvgIpc) is 3.30. The molecule has 4 rings (SSSR count). The molecule has 1 fully saturated rings. The molecule has 0 bridgehead atoms. The molecule has 36 heavy (non-hydrogen) atoms. The van der Waals surface area contributed by atoms with Gasteiger partial charge in [-0.3, -0.25) is 4.79 Å². The fourth-order valence-corrected chi connectivity index (χ4v) is 6.14. The van der Waals surface area contributed by atoms with Gasteiger partial charge >= 0.3 is 0 Å². The van der Waals surface area contributed by atoms with Crippen LogP contribution in [0.5, 0.6) is 5.75 Å². The summed E-state index contributed by atoms with van der Waals surface area (Å²) in [4.78, 5) is 12.8. The second-order valence-corrected chi connectivity index (χ2v) is 12.3. The highest BCUT2D eigenvalue weighted by Crippen LogP contribution is 2.46. The van der Waals surface area contributed by atoms with Crippen LogP contribution in [0, 0.1) is 5.82 Å². The Morgan fingerprint density at radius 3 is 2.19 bits per heavy atom. The lowest BCUT2D eigenvalue weighted by Gasteiger charge is -2.32. The van der Waals surface area contributed by atoms with Gasteiger partial charge in [-0.25, -0.2) is 12.8 Å². The molecule has 8 heteroatoms. The second-order valence-electron chi connectivity index (χ2n) is 9.13. The Labute approximate surface area is 221 Å². The maximum atomic E-state index is 15.1. The number of carbonyl (C=O) groups is 1. The molecule has 0 saturated heterocycles. The van der Waals surface area contributed by atoms with E-state index in [1.165, 1.54) is 18.2 Å². The minimum atomic E-state index is -3.29. The molecule has 0 amide bonds. The molecular formula is C28H27Cl2FO4S. The van der Waals surface area contributed by atoms with Crippen molar-refractivity contribution < 1.29 is 22.3 Å². The molecule has 4 nitrogen and oxygen atoms in total. The quantitative estimate of drug-likeness (QED) is 0.285. The Bertz CT molecular complexity index is 1360. The van der Waals surface area contributed by atoms with Crippen molar-refractivity contribution in [2.24, 2.45) is 0 Å². The van der Waals surface area contributed by atoms with E-state index in [1.54, 1.807) is 43.3 Å². The summed E-state index contributed by atoms with van der Waals surface area (Å²) in [5.41, 5.74) is 1.32. The lowest BCUT2D eigenvalue weighted by molar-refractivity contribution is -0.117. The molecule has 0 aliphatic heterocycles. The van der Waals surface area contributed by atoms with E-state index >= 15 is 4.39 Å². The summed E-state index contributed by atoms with van der Waals surface area (Å²) in [6.45, 7) is 1.59. The van der Waals surface area contributed by atoms with Crippen molar-refractivity contribution in [3.05, 3.63) is 93.2 Å². The highest BCUT2D eigenvalue weighted by atomic mass is 35.5. The average molecular weight is 549 g/mol. The molecule has 0 heterocycles. The van der Waals surface area contributed by atoms with E-state index in [-0.39, 0.29) is 35.0 Å². The molecule has 0 atom stereocenters. The Hall–Kier alpha value is -2.41. The van der Waals surface area contributed by atoms with E-state index in [1.807, 2.05) is 6.07 Å². The number of benzene rings is 3. The number of sulfone groups is 1. The maximum absolute atomic E-state index is 15.1. The SMILES string of the molecule is CCS(=O)(=O)c1ccc(CC(=O)Cc2ccc(OC3(c4ccc(Cl)cc4Cl)CCCC3)c(F)c2)cc1. The van der Waals surface area contributed by atoms with Gasteiger partial charge in [0, 0.05) is 28.5 Å². The van der Waals surface area contributed by atoms with Crippen LogP contribution in [0.1, 0.15) is 49.3 Å². The predicted molar refractivity (Wildman–Crippen MR) is 140 cm³/mol. The molecular weight excluding hydrogens is 522 g/mol. The van der Waals surface area contributed by atoms with Crippen LogP contribution in [0.25, 0.3) is 0 Å². The second kappa shape index (κ2) is 10.9. The first-order chi connectivity index (χ1) is 17.1. The Morgan fingerprint density at radius 1 is 0.944 bits per heavy atom. The van der Waals surface area contributed by atoms with Crippen molar-refractivity contribution in [2.45, 2.75) is 55.9 Å². The number of Topliss-reactive ketones (excluding diaryl/α,β-unsaturated/α-hetero) is 1. The van der Waals surface area contributed by atoms with Gasteiger partial charge in [0.2, 0.25) is 0 Å². The Kier molecular flexibility index (Phi) is 8.08. The van der Waals surface area contributed by atoms with Gasteiger partial charge in [-0.15, -0.1) is 0 Å². The highest BCUT2D eigenvalue weighted by Gasteiger charge is 2.40. The van der Waals surface area contributed by atoms with Crippen molar-refractivity contribution in [1.82, 2.24) is 0 Å². The zero-order valence-corrected chi connectivity index (χ0v) is 22.2. The number of hydrogen-bond donors (Lipinski definition) is 0. The number of ketones is 1. The first-order valence-corrected chi connectivity index (χ1v) is 14.3. The number of halogens is 3. The van der Waals surface area contributed by atoms with E-state index in [2.05, 4.69) is 0 Å². The molecule has 0 unspecified atom stereocenters. The van der Waals surface area contributed by atoms with Gasteiger partial charge in [-0.2, -0.15) is 0 Å². The van der Waals surface area contributed by atoms with Crippen LogP contribution in [0.15, 0.2) is 65.6 Å². The van der Waals surface area contributed by atoms with Crippen molar-refractivity contribution in [2.75, 3.05) is 5.75 Å². The van der Waals surface area contributed by atoms with Gasteiger partial charge in [-0.05, 0) is 73.2 Å². The first kappa shape index (κ1) is 26.6. The van der Waals surface area contributed by atoms with Crippen molar-refractivity contribution >= 4 is 38.8 Å². The van der Waals surface area contributed by atoms with Gasteiger partial charge in [0.15, 0.2) is 21.4 Å². The molecule has 0 N–H and O–H groups in total. The van der Waals surface area contributed by atoms with Crippen LogP contribution in [0.4, 0.5) is 4.39 Å². The summed E-state index contributed by atoms with van der Waals surface area (Å²) in [5, 5.41) is 1.02. The minimum Gasteiger partial charge on any atom is -0.479 e. The zero-order valence-electron chi connectivity index (χ0n) is 19.9. The topological polar surface area (TPSA) is 60.4 Å². The Balaban J connectivity index is 1.45. The van der Waals surface area contributed by atoms with Gasteiger partial charge in [-0.1, -0.05) is 54.4 Å². The summed E-state index contributed by atoms with van der Waals surface area (Å²) in [5.74, 6) is -0.503. The van der Waals surface area contributed by atoms with Crippen molar-refractivity contribution in [3.8, 4) is 5.75 Å². The summed E-state index contributed by atoms with van der Waals surface area (Å²) < 4.78 is 45.2. The van der Waals surface area contributed by atoms with E-state index in [4.69, 9.17) is 27.9 Å². The third-order valence-corrected chi connectivity index (χ3v) is 8.90. The third kappa shape index (κ3) is 5.93. The molecule has 1 aliphatic carbocycles. The predicted octanol–water partition coefficient (Wildman–Crippen LogP) is 7.13. The zero-order chi connectivity index (χ0) is 25.9. The van der Waals surface area contributed by atoms with Crippen LogP contribution >= 0.6 is 23.2 Å². The molecule has 0 aromatic heterocycles. The molecule has 3 aromatic carbocycles. The number of ether oxygens (including phenoxy) is 1. The number of hydrogen-bond acceptors (Lipinski definition) is 4. The lowest BCUT2D eigenvalue weighted by atomic mass is 9.91. The van der Waals surface area contributed by atoms with Crippen molar-refractivity contribution in [1.29, 1.82) is 0 Å².